The first-order valence-corrected chi connectivity index (χ1v) is 11.5. The highest BCUT2D eigenvalue weighted by atomic mass is 19.1. The highest BCUT2D eigenvalue weighted by Gasteiger charge is 2.60. The van der Waals surface area contributed by atoms with Crippen molar-refractivity contribution >= 4 is 23.1 Å². The van der Waals surface area contributed by atoms with Crippen molar-refractivity contribution < 1.29 is 23.3 Å². The van der Waals surface area contributed by atoms with E-state index in [0.717, 1.165) is 11.3 Å². The lowest BCUT2D eigenvalue weighted by Gasteiger charge is -2.37. The average molecular weight is 466 g/mol. The maximum Gasteiger partial charge on any atom is 0.334 e. The number of rotatable bonds is 2. The van der Waals surface area contributed by atoms with Crippen molar-refractivity contribution in [2.75, 3.05) is 31.1 Å². The van der Waals surface area contributed by atoms with Crippen molar-refractivity contribution in [3.8, 4) is 11.3 Å². The van der Waals surface area contributed by atoms with Crippen LogP contribution in [-0.4, -0.2) is 64.7 Å². The van der Waals surface area contributed by atoms with Crippen LogP contribution in [0.15, 0.2) is 36.5 Å². The first-order chi connectivity index (χ1) is 16.3. The lowest BCUT2D eigenvalue weighted by molar-refractivity contribution is -0.731. The van der Waals surface area contributed by atoms with Crippen LogP contribution < -0.4 is 14.8 Å². The highest BCUT2D eigenvalue weighted by molar-refractivity contribution is 5.99. The van der Waals surface area contributed by atoms with E-state index >= 15 is 0 Å². The summed E-state index contributed by atoms with van der Waals surface area (Å²) in [7, 11) is 0. The van der Waals surface area contributed by atoms with Gasteiger partial charge in [0.15, 0.2) is 6.20 Å². The fraction of sp³-hybridized carbons (Fsp3) is 0.417. The van der Waals surface area contributed by atoms with Crippen LogP contribution in [0.5, 0.6) is 0 Å². The van der Waals surface area contributed by atoms with E-state index in [0.29, 0.717) is 43.2 Å². The molecule has 176 valence electrons. The fourth-order valence-electron chi connectivity index (χ4n) is 5.51. The summed E-state index contributed by atoms with van der Waals surface area (Å²) in [6, 6.07) is 8.13. The minimum absolute atomic E-state index is 0.00550. The highest BCUT2D eigenvalue weighted by Crippen LogP contribution is 2.34. The second kappa shape index (κ2) is 7.23. The molecular weight excluding hydrogens is 439 g/mol. The van der Waals surface area contributed by atoms with E-state index in [4.69, 9.17) is 9.84 Å². The second-order valence-electron chi connectivity index (χ2n) is 9.44. The van der Waals surface area contributed by atoms with Crippen LogP contribution in [0.3, 0.4) is 0 Å². The Bertz CT molecular complexity index is 1330. The molecule has 9 nitrogen and oxygen atoms in total. The maximum atomic E-state index is 13.6. The van der Waals surface area contributed by atoms with Crippen LogP contribution in [0, 0.1) is 5.82 Å². The molecule has 0 bridgehead atoms. The zero-order valence-corrected chi connectivity index (χ0v) is 19.3. The Balaban J connectivity index is 1.62. The standard InChI is InChI=1S/C24H25FN6O3/c1-14-11-28(12-15(2)34-14)19-10-18(16-4-6-17(25)7-5-16)27-30-13-20-22(32)29-9-8-26-23(33)24(29,3)31(20)21(19)30/h4-7,10,13-15H,8-9,11-12H2,1-3H3/p+1. The van der Waals surface area contributed by atoms with Gasteiger partial charge in [0.25, 0.3) is 11.6 Å². The first kappa shape index (κ1) is 21.0. The number of halogens is 1. The van der Waals surface area contributed by atoms with Gasteiger partial charge < -0.3 is 15.0 Å². The number of imidazole rings is 1. The number of ether oxygens (including phenoxy) is 1. The number of morpholine rings is 1. The summed E-state index contributed by atoms with van der Waals surface area (Å²) < 4.78 is 23.0. The number of nitrogens with zero attached hydrogens (tertiary/aromatic N) is 5. The minimum atomic E-state index is -1.18. The lowest BCUT2D eigenvalue weighted by atomic mass is 10.1. The Morgan fingerprint density at radius 1 is 1.18 bits per heavy atom. The van der Waals surface area contributed by atoms with Crippen molar-refractivity contribution in [3.63, 3.8) is 0 Å². The summed E-state index contributed by atoms with van der Waals surface area (Å²) in [5.41, 5.74) is 2.14. The largest absolute Gasteiger partial charge is 0.372 e. The van der Waals surface area contributed by atoms with Crippen molar-refractivity contribution in [2.24, 2.45) is 0 Å². The lowest BCUT2D eigenvalue weighted by Crippen LogP contribution is -2.71. The normalized spacial score (nSPS) is 26.6. The maximum absolute atomic E-state index is 13.6. The number of carbonyl (C=O) groups is 2. The molecular formula is C24H26FN6O3+. The Labute approximate surface area is 195 Å². The predicted octanol–water partition coefficient (Wildman–Crippen LogP) is 1.30. The summed E-state index contributed by atoms with van der Waals surface area (Å²) in [6.45, 7) is 7.99. The predicted molar refractivity (Wildman–Crippen MR) is 121 cm³/mol. The summed E-state index contributed by atoms with van der Waals surface area (Å²) >= 11 is 0. The molecule has 3 aliphatic rings. The zero-order chi connectivity index (χ0) is 23.8. The van der Waals surface area contributed by atoms with Crippen molar-refractivity contribution in [1.29, 1.82) is 0 Å². The number of fused-ring (bicyclic) bond motifs is 5. The molecule has 2 fully saturated rings. The zero-order valence-electron chi connectivity index (χ0n) is 19.3. The second-order valence-corrected chi connectivity index (χ2v) is 9.44. The number of benzene rings is 1. The Morgan fingerprint density at radius 2 is 1.88 bits per heavy atom. The van der Waals surface area contributed by atoms with Crippen LogP contribution in [0.4, 0.5) is 10.1 Å². The average Bonchev–Trinajstić information content (AvgIpc) is 3.28. The molecule has 2 amide bonds. The van der Waals surface area contributed by atoms with Crippen LogP contribution in [-0.2, 0) is 15.2 Å². The molecule has 3 aromatic rings. The summed E-state index contributed by atoms with van der Waals surface area (Å²) in [6.07, 6.45) is 1.70. The van der Waals surface area contributed by atoms with Gasteiger partial charge >= 0.3 is 11.6 Å². The van der Waals surface area contributed by atoms with Crippen LogP contribution in [0.25, 0.3) is 16.9 Å². The molecule has 1 N–H and O–H groups in total. The molecule has 34 heavy (non-hydrogen) atoms. The van der Waals surface area contributed by atoms with E-state index in [1.165, 1.54) is 12.1 Å². The Hall–Kier alpha value is -3.53. The number of hydrogen-bond acceptors (Lipinski definition) is 5. The molecule has 0 radical (unpaired) electrons. The number of anilines is 1. The van der Waals surface area contributed by atoms with E-state index in [1.54, 1.807) is 34.7 Å². The molecule has 0 aliphatic carbocycles. The molecule has 0 spiro atoms. The third-order valence-corrected chi connectivity index (χ3v) is 7.01. The van der Waals surface area contributed by atoms with Gasteiger partial charge in [0, 0.05) is 44.7 Å². The minimum Gasteiger partial charge on any atom is -0.372 e. The Kier molecular flexibility index (Phi) is 4.47. The van der Waals surface area contributed by atoms with Crippen LogP contribution in [0.2, 0.25) is 0 Å². The molecule has 3 unspecified atom stereocenters. The van der Waals surface area contributed by atoms with E-state index < -0.39 is 5.66 Å². The number of piperazine rings is 1. The van der Waals surface area contributed by atoms with Crippen LogP contribution in [0.1, 0.15) is 31.3 Å². The number of carbonyl (C=O) groups excluding carboxylic acids is 2. The molecule has 6 rings (SSSR count). The monoisotopic (exact) mass is 465 g/mol. The topological polar surface area (TPSA) is 83.1 Å². The molecule has 0 saturated carbocycles. The number of amides is 2. The molecule has 2 aromatic heterocycles. The third kappa shape index (κ3) is 2.87. The van der Waals surface area contributed by atoms with Crippen LogP contribution >= 0.6 is 0 Å². The Morgan fingerprint density at radius 3 is 2.59 bits per heavy atom. The van der Waals surface area contributed by atoms with Crippen molar-refractivity contribution in [1.82, 2.24) is 19.8 Å². The smallest absolute Gasteiger partial charge is 0.334 e. The molecule has 3 aliphatic heterocycles. The van der Waals surface area contributed by atoms with Gasteiger partial charge in [-0.1, -0.05) is 9.61 Å². The SMILES string of the molecule is CC1CN(c2cc(-c3ccc(F)cc3)nn3cc4[n+](c23)C2(C)C(=O)NCCN2C4=O)CC(C)O1. The van der Waals surface area contributed by atoms with E-state index in [-0.39, 0.29) is 29.8 Å². The number of hydrogen-bond donors (Lipinski definition) is 1. The molecule has 5 heterocycles. The first-order valence-electron chi connectivity index (χ1n) is 11.5. The summed E-state index contributed by atoms with van der Waals surface area (Å²) in [4.78, 5) is 30.3. The van der Waals surface area contributed by atoms with Gasteiger partial charge in [-0.2, -0.15) is 4.57 Å². The number of aromatic nitrogens is 3. The van der Waals surface area contributed by atoms with Gasteiger partial charge in [0.2, 0.25) is 5.69 Å². The van der Waals surface area contributed by atoms with Gasteiger partial charge in [0.1, 0.15) is 17.2 Å². The van der Waals surface area contributed by atoms with Gasteiger partial charge in [-0.3, -0.25) is 14.5 Å². The van der Waals surface area contributed by atoms with Gasteiger partial charge in [-0.15, -0.1) is 0 Å². The third-order valence-electron chi connectivity index (χ3n) is 7.01. The summed E-state index contributed by atoms with van der Waals surface area (Å²) in [5, 5.41) is 7.69. The molecule has 3 atom stereocenters. The van der Waals surface area contributed by atoms with Crippen molar-refractivity contribution in [2.45, 2.75) is 38.6 Å². The van der Waals surface area contributed by atoms with Gasteiger partial charge in [0.05, 0.1) is 12.2 Å². The fourth-order valence-corrected chi connectivity index (χ4v) is 5.51. The van der Waals surface area contributed by atoms with E-state index in [2.05, 4.69) is 10.2 Å². The quantitative estimate of drug-likeness (QED) is 0.577. The van der Waals surface area contributed by atoms with Gasteiger partial charge in [-0.25, -0.2) is 4.39 Å². The van der Waals surface area contributed by atoms with Crippen molar-refractivity contribution in [3.05, 3.63) is 48.0 Å². The summed E-state index contributed by atoms with van der Waals surface area (Å²) in [5.74, 6) is -0.736. The molecule has 10 heteroatoms. The number of nitrogens with one attached hydrogen (secondary N) is 1. The molecule has 2 saturated heterocycles. The van der Waals surface area contributed by atoms with E-state index in [9.17, 15) is 14.0 Å². The van der Waals surface area contributed by atoms with E-state index in [1.807, 2.05) is 24.5 Å². The van der Waals surface area contributed by atoms with Gasteiger partial charge in [-0.05, 0) is 38.1 Å². The molecule has 1 aromatic carbocycles.